The van der Waals surface area contributed by atoms with Gasteiger partial charge in [0.2, 0.25) is 0 Å². The molecule has 2 aliphatic heterocycles. The summed E-state index contributed by atoms with van der Waals surface area (Å²) >= 11 is 1.41. The standard InChI is InChI=1S/C20H23N3O3S/c1-13-6-8-23(9-7-13)11-15-12-27-20(21-15)22-18(24)17-10-14-4-2-3-5-16(14)19(25)26-17/h2-5,12-13,17H,6-11H2,1H3,(H,21,22,24). The molecule has 1 aromatic heterocycles. The van der Waals surface area contributed by atoms with E-state index < -0.39 is 12.1 Å². The van der Waals surface area contributed by atoms with Gasteiger partial charge in [-0.05, 0) is 43.5 Å². The van der Waals surface area contributed by atoms with E-state index >= 15 is 0 Å². The third-order valence-electron chi connectivity index (χ3n) is 5.23. The van der Waals surface area contributed by atoms with Crippen LogP contribution in [0.15, 0.2) is 29.6 Å². The van der Waals surface area contributed by atoms with Crippen molar-refractivity contribution in [1.82, 2.24) is 9.88 Å². The smallest absolute Gasteiger partial charge is 0.339 e. The van der Waals surface area contributed by atoms with E-state index in [1.165, 1.54) is 24.2 Å². The predicted octanol–water partition coefficient (Wildman–Crippen LogP) is 3.10. The number of thiazole rings is 1. The number of benzene rings is 1. The third-order valence-corrected chi connectivity index (χ3v) is 6.03. The van der Waals surface area contributed by atoms with E-state index in [9.17, 15) is 9.59 Å². The van der Waals surface area contributed by atoms with E-state index in [1.54, 1.807) is 12.1 Å². The van der Waals surface area contributed by atoms with Crippen LogP contribution >= 0.6 is 11.3 Å². The van der Waals surface area contributed by atoms with Gasteiger partial charge in [-0.2, -0.15) is 0 Å². The predicted molar refractivity (Wildman–Crippen MR) is 104 cm³/mol. The van der Waals surface area contributed by atoms with Crippen LogP contribution in [0.3, 0.4) is 0 Å². The molecule has 2 aliphatic rings. The van der Waals surface area contributed by atoms with Crippen molar-refractivity contribution in [3.05, 3.63) is 46.5 Å². The molecule has 0 saturated carbocycles. The molecule has 142 valence electrons. The fourth-order valence-electron chi connectivity index (χ4n) is 3.55. The van der Waals surface area contributed by atoms with Crippen molar-refractivity contribution >= 4 is 28.3 Å². The largest absolute Gasteiger partial charge is 0.448 e. The fourth-order valence-corrected chi connectivity index (χ4v) is 4.25. The minimum Gasteiger partial charge on any atom is -0.448 e. The Hall–Kier alpha value is -2.25. The lowest BCUT2D eigenvalue weighted by Gasteiger charge is -2.29. The first-order chi connectivity index (χ1) is 13.1. The van der Waals surface area contributed by atoms with E-state index in [-0.39, 0.29) is 5.91 Å². The number of hydrogen-bond donors (Lipinski definition) is 1. The number of amides is 1. The number of carbonyl (C=O) groups is 2. The van der Waals surface area contributed by atoms with Crippen molar-refractivity contribution in [2.45, 2.75) is 38.8 Å². The molecule has 1 aromatic carbocycles. The van der Waals surface area contributed by atoms with Crippen LogP contribution < -0.4 is 5.32 Å². The van der Waals surface area contributed by atoms with Crippen molar-refractivity contribution in [2.24, 2.45) is 5.92 Å². The molecule has 0 radical (unpaired) electrons. The third kappa shape index (κ3) is 4.20. The highest BCUT2D eigenvalue weighted by molar-refractivity contribution is 7.13. The van der Waals surface area contributed by atoms with Crippen LogP contribution in [-0.2, 0) is 22.5 Å². The zero-order valence-electron chi connectivity index (χ0n) is 15.3. The molecule has 2 aromatic rings. The number of hydrogen-bond acceptors (Lipinski definition) is 6. The lowest BCUT2D eigenvalue weighted by atomic mass is 9.98. The summed E-state index contributed by atoms with van der Waals surface area (Å²) in [6, 6.07) is 7.23. The molecular formula is C20H23N3O3S. The first kappa shape index (κ1) is 18.1. The van der Waals surface area contributed by atoms with E-state index in [0.29, 0.717) is 17.1 Å². The number of anilines is 1. The van der Waals surface area contributed by atoms with Gasteiger partial charge in [0.15, 0.2) is 11.2 Å². The minimum absolute atomic E-state index is 0.328. The number of ether oxygens (including phenoxy) is 1. The highest BCUT2D eigenvalue weighted by Crippen LogP contribution is 2.24. The van der Waals surface area contributed by atoms with Crippen molar-refractivity contribution in [3.63, 3.8) is 0 Å². The Balaban J connectivity index is 1.35. The van der Waals surface area contributed by atoms with Crippen molar-refractivity contribution in [3.8, 4) is 0 Å². The normalized spacial score (nSPS) is 20.8. The van der Waals surface area contributed by atoms with Gasteiger partial charge in [-0.1, -0.05) is 25.1 Å². The van der Waals surface area contributed by atoms with Gasteiger partial charge in [-0.25, -0.2) is 9.78 Å². The number of nitrogens with one attached hydrogen (secondary N) is 1. The van der Waals surface area contributed by atoms with Crippen LogP contribution in [0.5, 0.6) is 0 Å². The molecule has 7 heteroatoms. The number of piperidine rings is 1. The van der Waals surface area contributed by atoms with Crippen LogP contribution in [-0.4, -0.2) is 41.0 Å². The van der Waals surface area contributed by atoms with Crippen LogP contribution in [0.25, 0.3) is 0 Å². The molecule has 27 heavy (non-hydrogen) atoms. The van der Waals surface area contributed by atoms with E-state index in [1.807, 2.05) is 17.5 Å². The number of cyclic esters (lactones) is 1. The zero-order chi connectivity index (χ0) is 18.8. The lowest BCUT2D eigenvalue weighted by molar-refractivity contribution is -0.125. The zero-order valence-corrected chi connectivity index (χ0v) is 16.1. The van der Waals surface area contributed by atoms with Gasteiger partial charge in [0, 0.05) is 18.3 Å². The van der Waals surface area contributed by atoms with Gasteiger partial charge in [0.05, 0.1) is 11.3 Å². The second kappa shape index (κ2) is 7.78. The highest BCUT2D eigenvalue weighted by atomic mass is 32.1. The Morgan fingerprint density at radius 2 is 2.11 bits per heavy atom. The average Bonchev–Trinajstić information content (AvgIpc) is 3.10. The Labute approximate surface area is 162 Å². The molecule has 1 unspecified atom stereocenters. The van der Waals surface area contributed by atoms with Crippen LogP contribution in [0.1, 0.15) is 41.4 Å². The van der Waals surface area contributed by atoms with Crippen LogP contribution in [0, 0.1) is 5.92 Å². The highest BCUT2D eigenvalue weighted by Gasteiger charge is 2.31. The monoisotopic (exact) mass is 385 g/mol. The van der Waals surface area contributed by atoms with Crippen LogP contribution in [0.4, 0.5) is 5.13 Å². The van der Waals surface area contributed by atoms with Crippen molar-refractivity contribution in [1.29, 1.82) is 0 Å². The number of nitrogens with zero attached hydrogens (tertiary/aromatic N) is 2. The molecule has 3 heterocycles. The molecule has 1 N–H and O–H groups in total. The maximum Gasteiger partial charge on any atom is 0.339 e. The number of fused-ring (bicyclic) bond motifs is 1. The van der Waals surface area contributed by atoms with E-state index in [0.717, 1.165) is 36.8 Å². The topological polar surface area (TPSA) is 71.5 Å². The van der Waals surface area contributed by atoms with Crippen LogP contribution in [0.2, 0.25) is 0 Å². The second-order valence-electron chi connectivity index (χ2n) is 7.35. The number of carbonyl (C=O) groups excluding carboxylic acids is 2. The molecule has 1 fully saturated rings. The van der Waals surface area contributed by atoms with Gasteiger partial charge >= 0.3 is 5.97 Å². The molecule has 0 aliphatic carbocycles. The molecular weight excluding hydrogens is 362 g/mol. The number of rotatable bonds is 4. The first-order valence-corrected chi connectivity index (χ1v) is 10.2. The first-order valence-electron chi connectivity index (χ1n) is 9.35. The molecule has 0 bridgehead atoms. The molecule has 6 nitrogen and oxygen atoms in total. The molecule has 1 atom stereocenters. The van der Waals surface area contributed by atoms with Gasteiger partial charge < -0.3 is 4.74 Å². The number of likely N-dealkylation sites (tertiary alicyclic amines) is 1. The SMILES string of the molecule is CC1CCN(Cc2csc(NC(=O)C3Cc4ccccc4C(=O)O3)n2)CC1. The Bertz CT molecular complexity index is 843. The summed E-state index contributed by atoms with van der Waals surface area (Å²) in [6.07, 6.45) is 2.02. The Morgan fingerprint density at radius 3 is 2.93 bits per heavy atom. The summed E-state index contributed by atoms with van der Waals surface area (Å²) in [7, 11) is 0. The van der Waals surface area contributed by atoms with Gasteiger partial charge in [-0.15, -0.1) is 11.3 Å². The summed E-state index contributed by atoms with van der Waals surface area (Å²) in [5, 5.41) is 5.33. The Kier molecular flexibility index (Phi) is 5.22. The average molecular weight is 385 g/mol. The van der Waals surface area contributed by atoms with E-state index in [2.05, 4.69) is 22.1 Å². The Morgan fingerprint density at radius 1 is 1.33 bits per heavy atom. The summed E-state index contributed by atoms with van der Waals surface area (Å²) in [5.74, 6) is 0.0246. The van der Waals surface area contributed by atoms with Crippen molar-refractivity contribution in [2.75, 3.05) is 18.4 Å². The van der Waals surface area contributed by atoms with Gasteiger partial charge in [0.25, 0.3) is 5.91 Å². The lowest BCUT2D eigenvalue weighted by Crippen LogP contribution is -2.38. The number of aromatic nitrogens is 1. The quantitative estimate of drug-likeness (QED) is 0.819. The van der Waals surface area contributed by atoms with Gasteiger partial charge in [0.1, 0.15) is 0 Å². The maximum absolute atomic E-state index is 12.5. The van der Waals surface area contributed by atoms with Crippen molar-refractivity contribution < 1.29 is 14.3 Å². The summed E-state index contributed by atoms with van der Waals surface area (Å²) in [4.78, 5) is 31.5. The summed E-state index contributed by atoms with van der Waals surface area (Å²) in [6.45, 7) is 5.30. The molecule has 4 rings (SSSR count). The molecule has 1 amide bonds. The number of esters is 1. The molecule has 0 spiro atoms. The maximum atomic E-state index is 12.5. The van der Waals surface area contributed by atoms with Gasteiger partial charge in [-0.3, -0.25) is 15.0 Å². The molecule has 1 saturated heterocycles. The summed E-state index contributed by atoms with van der Waals surface area (Å²) in [5.41, 5.74) is 2.35. The summed E-state index contributed by atoms with van der Waals surface area (Å²) < 4.78 is 5.30. The second-order valence-corrected chi connectivity index (χ2v) is 8.21. The fraction of sp³-hybridized carbons (Fsp3) is 0.450. The minimum atomic E-state index is -0.816. The van der Waals surface area contributed by atoms with E-state index in [4.69, 9.17) is 4.74 Å².